The molecule has 3 saturated carbocycles. The Balaban J connectivity index is 1.95. The van der Waals surface area contributed by atoms with Gasteiger partial charge in [-0.15, -0.1) is 0 Å². The van der Waals surface area contributed by atoms with Gasteiger partial charge in [0.2, 0.25) is 0 Å². The van der Waals surface area contributed by atoms with Crippen LogP contribution in [0.4, 0.5) is 0 Å². The summed E-state index contributed by atoms with van der Waals surface area (Å²) in [6.45, 7) is 1.60. The van der Waals surface area contributed by atoms with Gasteiger partial charge in [0.1, 0.15) is 0 Å². The summed E-state index contributed by atoms with van der Waals surface area (Å²) in [5.41, 5.74) is 0. The van der Waals surface area contributed by atoms with Gasteiger partial charge < -0.3 is 14.9 Å². The average molecular weight is 198 g/mol. The van der Waals surface area contributed by atoms with Crippen molar-refractivity contribution in [1.29, 1.82) is 0 Å². The summed E-state index contributed by atoms with van der Waals surface area (Å²) in [6, 6.07) is 0. The molecule has 0 aromatic heterocycles. The summed E-state index contributed by atoms with van der Waals surface area (Å²) in [4.78, 5) is 0. The van der Waals surface area contributed by atoms with Crippen LogP contribution in [0.1, 0.15) is 19.3 Å². The van der Waals surface area contributed by atoms with Crippen LogP contribution in [0.15, 0.2) is 0 Å². The maximum atomic E-state index is 9.99. The van der Waals surface area contributed by atoms with Crippen LogP contribution in [0.3, 0.4) is 0 Å². The second-order valence-corrected chi connectivity index (χ2v) is 5.10. The van der Waals surface area contributed by atoms with E-state index in [-0.39, 0.29) is 11.8 Å². The molecule has 0 aromatic rings. The molecule has 0 spiro atoms. The lowest BCUT2D eigenvalue weighted by atomic mass is 9.66. The first-order chi connectivity index (χ1) is 6.79. The molecule has 1 saturated heterocycles. The highest BCUT2D eigenvalue weighted by Crippen LogP contribution is 2.49. The topological polar surface area (TPSA) is 49.7 Å². The van der Waals surface area contributed by atoms with E-state index < -0.39 is 12.2 Å². The Morgan fingerprint density at radius 2 is 1.29 bits per heavy atom. The molecule has 2 N–H and O–H groups in total. The van der Waals surface area contributed by atoms with Crippen LogP contribution < -0.4 is 0 Å². The van der Waals surface area contributed by atoms with Crippen LogP contribution in [0.25, 0.3) is 0 Å². The predicted octanol–water partition coefficient (Wildman–Crippen LogP) is 0.401. The minimum atomic E-state index is -0.495. The first kappa shape index (κ1) is 9.13. The average Bonchev–Trinajstić information content (AvgIpc) is 2.53. The zero-order chi connectivity index (χ0) is 9.71. The highest BCUT2D eigenvalue weighted by atomic mass is 16.5. The van der Waals surface area contributed by atoms with Crippen molar-refractivity contribution in [2.75, 3.05) is 13.2 Å². The number of hydrogen-bond donors (Lipinski definition) is 2. The normalized spacial score (nSPS) is 57.0. The van der Waals surface area contributed by atoms with Gasteiger partial charge in [0, 0.05) is 0 Å². The Morgan fingerprint density at radius 1 is 0.786 bits per heavy atom. The Bertz CT molecular complexity index is 209. The molecule has 0 amide bonds. The molecule has 3 nitrogen and oxygen atoms in total. The molecule has 1 heterocycles. The summed E-state index contributed by atoms with van der Waals surface area (Å²) in [5, 5.41) is 20.0. The molecular formula is C11H18O3. The van der Waals surface area contributed by atoms with Gasteiger partial charge in [0.25, 0.3) is 0 Å². The van der Waals surface area contributed by atoms with Crippen LogP contribution in [0, 0.1) is 23.7 Å². The largest absolute Gasteiger partial charge is 0.390 e. The van der Waals surface area contributed by atoms with Crippen molar-refractivity contribution in [3.8, 4) is 0 Å². The standard InChI is InChI=1S/C11H18O3/c12-10-6-2-1-3-7(11(10)13)9-5-14-4-8(6)9/h6-13H,1-5H2/t6-,7-,8-,9+,10?,11?/m0/s1. The number of aliphatic hydroxyl groups excluding tert-OH is 2. The summed E-state index contributed by atoms with van der Waals surface area (Å²) < 4.78 is 5.50. The second kappa shape index (κ2) is 3.19. The summed E-state index contributed by atoms with van der Waals surface area (Å²) in [7, 11) is 0. The SMILES string of the molecule is OC1C(O)[C@H]2CCC[C@H]1[C@@H]1COC[C@@H]12. The Labute approximate surface area is 84.1 Å². The zero-order valence-corrected chi connectivity index (χ0v) is 8.30. The van der Waals surface area contributed by atoms with Crippen LogP contribution in [0.2, 0.25) is 0 Å². The van der Waals surface area contributed by atoms with Gasteiger partial charge in [0.15, 0.2) is 0 Å². The number of rotatable bonds is 0. The van der Waals surface area contributed by atoms with Crippen LogP contribution in [0.5, 0.6) is 0 Å². The van der Waals surface area contributed by atoms with Crippen molar-refractivity contribution in [3.05, 3.63) is 0 Å². The zero-order valence-electron chi connectivity index (χ0n) is 8.30. The quantitative estimate of drug-likeness (QED) is 0.592. The van der Waals surface area contributed by atoms with Gasteiger partial charge in [-0.3, -0.25) is 0 Å². The van der Waals surface area contributed by atoms with Crippen molar-refractivity contribution in [2.24, 2.45) is 23.7 Å². The van der Waals surface area contributed by atoms with Gasteiger partial charge >= 0.3 is 0 Å². The van der Waals surface area contributed by atoms with Gasteiger partial charge in [-0.05, 0) is 36.5 Å². The fourth-order valence-electron chi connectivity index (χ4n) is 3.84. The maximum Gasteiger partial charge on any atom is 0.0833 e. The Kier molecular flexibility index (Phi) is 2.08. The summed E-state index contributed by atoms with van der Waals surface area (Å²) in [6.07, 6.45) is 2.31. The molecule has 4 rings (SSSR count). The van der Waals surface area contributed by atoms with Gasteiger partial charge in [-0.1, -0.05) is 6.42 Å². The molecule has 3 heteroatoms. The number of aliphatic hydroxyl groups is 2. The molecule has 14 heavy (non-hydrogen) atoms. The second-order valence-electron chi connectivity index (χ2n) is 5.10. The number of fused-ring (bicyclic) bond motifs is 3. The highest BCUT2D eigenvalue weighted by molar-refractivity contribution is 5.01. The third-order valence-electron chi connectivity index (χ3n) is 4.57. The molecule has 4 fully saturated rings. The van der Waals surface area contributed by atoms with E-state index in [1.165, 1.54) is 0 Å². The Hall–Kier alpha value is -0.120. The van der Waals surface area contributed by atoms with Crippen molar-refractivity contribution < 1.29 is 14.9 Å². The first-order valence-corrected chi connectivity index (χ1v) is 5.73. The molecule has 2 bridgehead atoms. The Morgan fingerprint density at radius 3 is 1.79 bits per heavy atom. The lowest BCUT2D eigenvalue weighted by molar-refractivity contribution is -0.105. The fraction of sp³-hybridized carbons (Fsp3) is 1.00. The van der Waals surface area contributed by atoms with Crippen LogP contribution in [-0.4, -0.2) is 35.6 Å². The van der Waals surface area contributed by atoms with E-state index in [9.17, 15) is 10.2 Å². The molecule has 6 atom stereocenters. The third-order valence-corrected chi connectivity index (χ3v) is 4.57. The summed E-state index contributed by atoms with van der Waals surface area (Å²) in [5.74, 6) is 1.61. The van der Waals surface area contributed by atoms with E-state index in [1.54, 1.807) is 0 Å². The summed E-state index contributed by atoms with van der Waals surface area (Å²) >= 11 is 0. The maximum absolute atomic E-state index is 9.99. The lowest BCUT2D eigenvalue weighted by Crippen LogP contribution is -2.50. The number of ether oxygens (including phenoxy) is 1. The third kappa shape index (κ3) is 1.09. The predicted molar refractivity (Wildman–Crippen MR) is 50.6 cm³/mol. The molecule has 1 aliphatic heterocycles. The van der Waals surface area contributed by atoms with Gasteiger partial charge in [-0.25, -0.2) is 0 Å². The molecule has 80 valence electrons. The van der Waals surface area contributed by atoms with E-state index in [0.717, 1.165) is 32.5 Å². The lowest BCUT2D eigenvalue weighted by Gasteiger charge is -2.42. The van der Waals surface area contributed by atoms with Crippen molar-refractivity contribution in [2.45, 2.75) is 31.5 Å². The first-order valence-electron chi connectivity index (χ1n) is 5.73. The highest BCUT2D eigenvalue weighted by Gasteiger charge is 2.52. The van der Waals surface area contributed by atoms with Gasteiger partial charge in [0.05, 0.1) is 25.4 Å². The molecule has 0 aromatic carbocycles. The van der Waals surface area contributed by atoms with E-state index in [4.69, 9.17) is 4.74 Å². The molecule has 3 aliphatic carbocycles. The van der Waals surface area contributed by atoms with E-state index in [2.05, 4.69) is 0 Å². The number of hydrogen-bond acceptors (Lipinski definition) is 3. The van der Waals surface area contributed by atoms with Crippen molar-refractivity contribution >= 4 is 0 Å². The van der Waals surface area contributed by atoms with Crippen LogP contribution in [-0.2, 0) is 4.74 Å². The van der Waals surface area contributed by atoms with E-state index in [1.807, 2.05) is 0 Å². The molecule has 4 aliphatic rings. The molecule has 2 unspecified atom stereocenters. The van der Waals surface area contributed by atoms with Crippen LogP contribution >= 0.6 is 0 Å². The van der Waals surface area contributed by atoms with Crippen molar-refractivity contribution in [1.82, 2.24) is 0 Å². The van der Waals surface area contributed by atoms with E-state index in [0.29, 0.717) is 11.8 Å². The monoisotopic (exact) mass is 198 g/mol. The molecular weight excluding hydrogens is 180 g/mol. The smallest absolute Gasteiger partial charge is 0.0833 e. The van der Waals surface area contributed by atoms with Gasteiger partial charge in [-0.2, -0.15) is 0 Å². The minimum absolute atomic E-state index is 0.288. The molecule has 0 radical (unpaired) electrons. The van der Waals surface area contributed by atoms with E-state index >= 15 is 0 Å². The minimum Gasteiger partial charge on any atom is -0.390 e. The fourth-order valence-corrected chi connectivity index (χ4v) is 3.84. The van der Waals surface area contributed by atoms with Crippen molar-refractivity contribution in [3.63, 3.8) is 0 Å².